The summed E-state index contributed by atoms with van der Waals surface area (Å²) >= 11 is 0. The fourth-order valence-electron chi connectivity index (χ4n) is 4.05. The third-order valence-electron chi connectivity index (χ3n) is 6.00. The number of nitrogens with zero attached hydrogens (tertiary/aromatic N) is 3. The van der Waals surface area contributed by atoms with Gasteiger partial charge in [-0.05, 0) is 61.1 Å². The Morgan fingerprint density at radius 3 is 2.48 bits per heavy atom. The van der Waals surface area contributed by atoms with Crippen LogP contribution in [-0.4, -0.2) is 36.8 Å². The molecule has 0 aliphatic carbocycles. The van der Waals surface area contributed by atoms with Gasteiger partial charge in [-0.15, -0.1) is 0 Å². The third-order valence-corrected chi connectivity index (χ3v) is 6.00. The molecule has 0 spiro atoms. The van der Waals surface area contributed by atoms with Crippen molar-refractivity contribution < 1.29 is 4.79 Å². The van der Waals surface area contributed by atoms with Crippen molar-refractivity contribution in [2.45, 2.75) is 39.0 Å². The highest BCUT2D eigenvalue weighted by molar-refractivity contribution is 5.96. The van der Waals surface area contributed by atoms with E-state index in [-0.39, 0.29) is 5.91 Å². The summed E-state index contributed by atoms with van der Waals surface area (Å²) in [6, 6.07) is 15.8. The second-order valence-corrected chi connectivity index (χ2v) is 7.96. The van der Waals surface area contributed by atoms with Gasteiger partial charge in [-0.3, -0.25) is 9.79 Å². The summed E-state index contributed by atoms with van der Waals surface area (Å²) in [5, 5.41) is 12.2. The molecule has 0 radical (unpaired) electrons. The lowest BCUT2D eigenvalue weighted by Gasteiger charge is -2.32. The summed E-state index contributed by atoms with van der Waals surface area (Å²) in [6.45, 7) is 9.68. The molecule has 5 heteroatoms. The molecular weight excluding hydrogens is 384 g/mol. The molecule has 1 aliphatic rings. The van der Waals surface area contributed by atoms with E-state index < -0.39 is 0 Å². The molecule has 1 amide bonds. The normalized spacial score (nSPS) is 14.8. The number of likely N-dealkylation sites (tertiary alicyclic amines) is 1. The third kappa shape index (κ3) is 5.21. The van der Waals surface area contributed by atoms with Crippen molar-refractivity contribution in [2.24, 2.45) is 4.99 Å². The van der Waals surface area contributed by atoms with Gasteiger partial charge in [0.25, 0.3) is 5.91 Å². The Morgan fingerprint density at radius 2 is 1.90 bits per heavy atom. The van der Waals surface area contributed by atoms with Gasteiger partial charge in [0.2, 0.25) is 0 Å². The fraction of sp³-hybridized carbons (Fsp3) is 0.346. The first-order valence-electron chi connectivity index (χ1n) is 10.8. The quantitative estimate of drug-likeness (QED) is 0.560. The molecule has 31 heavy (non-hydrogen) atoms. The van der Waals surface area contributed by atoms with Crippen LogP contribution in [0, 0.1) is 18.3 Å². The van der Waals surface area contributed by atoms with Crippen LogP contribution in [0.4, 0.5) is 0 Å². The zero-order chi connectivity index (χ0) is 22.4. The highest BCUT2D eigenvalue weighted by Gasteiger charge is 2.25. The number of benzene rings is 2. The average Bonchev–Trinajstić information content (AvgIpc) is 2.82. The van der Waals surface area contributed by atoms with Gasteiger partial charge in [-0.1, -0.05) is 31.7 Å². The minimum Gasteiger partial charge on any atom is -0.344 e. The van der Waals surface area contributed by atoms with E-state index in [1.165, 1.54) is 5.56 Å². The van der Waals surface area contributed by atoms with Gasteiger partial charge in [0.15, 0.2) is 0 Å². The van der Waals surface area contributed by atoms with Crippen molar-refractivity contribution in [1.29, 1.82) is 5.26 Å². The van der Waals surface area contributed by atoms with Crippen molar-refractivity contribution in [3.8, 4) is 6.07 Å². The second kappa shape index (κ2) is 10.1. The van der Waals surface area contributed by atoms with Crippen LogP contribution >= 0.6 is 0 Å². The summed E-state index contributed by atoms with van der Waals surface area (Å²) in [5.41, 5.74) is 5.38. The average molecular weight is 415 g/mol. The number of rotatable bonds is 5. The zero-order valence-electron chi connectivity index (χ0n) is 18.6. The van der Waals surface area contributed by atoms with E-state index in [1.807, 2.05) is 61.2 Å². The molecule has 1 aliphatic heterocycles. The molecule has 2 aromatic carbocycles. The molecule has 0 bridgehead atoms. The van der Waals surface area contributed by atoms with Crippen molar-refractivity contribution in [2.75, 3.05) is 20.1 Å². The van der Waals surface area contributed by atoms with Crippen LogP contribution in [0.5, 0.6) is 0 Å². The van der Waals surface area contributed by atoms with Crippen LogP contribution in [0.1, 0.15) is 64.7 Å². The van der Waals surface area contributed by atoms with Crippen molar-refractivity contribution >= 4 is 17.4 Å². The highest BCUT2D eigenvalue weighted by atomic mass is 16.2. The Balaban J connectivity index is 1.68. The fourth-order valence-corrected chi connectivity index (χ4v) is 4.05. The number of amides is 1. The molecule has 2 aromatic rings. The Labute approximate surface area is 185 Å². The van der Waals surface area contributed by atoms with Crippen LogP contribution in [-0.2, 0) is 0 Å². The lowest BCUT2D eigenvalue weighted by Crippen LogP contribution is -2.38. The summed E-state index contributed by atoms with van der Waals surface area (Å²) in [6.07, 6.45) is 2.65. The topological polar surface area (TPSA) is 68.5 Å². The van der Waals surface area contributed by atoms with Gasteiger partial charge in [0, 0.05) is 43.4 Å². The molecule has 1 heterocycles. The Kier molecular flexibility index (Phi) is 7.25. The molecule has 1 N–H and O–H groups in total. The van der Waals surface area contributed by atoms with E-state index in [4.69, 9.17) is 5.26 Å². The largest absolute Gasteiger partial charge is 0.344 e. The Morgan fingerprint density at radius 1 is 1.23 bits per heavy atom. The Bertz CT molecular complexity index is 1020. The number of hydrogen-bond acceptors (Lipinski definition) is 3. The number of hydrogen-bond donors (Lipinski definition) is 1. The number of aliphatic imine (C=N–C) groups is 1. The minimum atomic E-state index is 0.0622. The molecule has 1 saturated heterocycles. The smallest absolute Gasteiger partial charge is 0.253 e. The maximum Gasteiger partial charge on any atom is 0.253 e. The van der Waals surface area contributed by atoms with Gasteiger partial charge in [-0.2, -0.15) is 5.26 Å². The molecule has 0 saturated carbocycles. The summed E-state index contributed by atoms with van der Waals surface area (Å²) in [5.74, 6) is 1.35. The monoisotopic (exact) mass is 414 g/mol. The molecular formula is C26H30N4O. The highest BCUT2D eigenvalue weighted by Crippen LogP contribution is 2.29. The van der Waals surface area contributed by atoms with E-state index in [0.29, 0.717) is 17.0 Å². The number of nitriles is 1. The van der Waals surface area contributed by atoms with E-state index in [9.17, 15) is 4.79 Å². The maximum atomic E-state index is 13.2. The van der Waals surface area contributed by atoms with Crippen LogP contribution < -0.4 is 5.32 Å². The van der Waals surface area contributed by atoms with Gasteiger partial charge in [0.1, 0.15) is 5.84 Å². The van der Waals surface area contributed by atoms with Gasteiger partial charge in [-0.25, -0.2) is 0 Å². The van der Waals surface area contributed by atoms with Crippen molar-refractivity contribution in [3.63, 3.8) is 0 Å². The molecule has 0 atom stereocenters. The maximum absolute atomic E-state index is 13.2. The molecule has 5 nitrogen and oxygen atoms in total. The number of aryl methyl sites for hydroxylation is 1. The number of carbonyl (C=O) groups excluding carboxylic acids is 1. The van der Waals surface area contributed by atoms with Crippen LogP contribution in [0.3, 0.4) is 0 Å². The predicted octanol–water partition coefficient (Wildman–Crippen LogP) is 4.89. The molecule has 0 aromatic heterocycles. The molecule has 160 valence electrons. The van der Waals surface area contributed by atoms with Crippen LogP contribution in [0.25, 0.3) is 5.70 Å². The second-order valence-electron chi connectivity index (χ2n) is 7.96. The van der Waals surface area contributed by atoms with Gasteiger partial charge in [0.05, 0.1) is 11.6 Å². The lowest BCUT2D eigenvalue weighted by atomic mass is 9.88. The van der Waals surface area contributed by atoms with Crippen LogP contribution in [0.2, 0.25) is 0 Å². The molecule has 0 unspecified atom stereocenters. The van der Waals surface area contributed by atoms with Crippen LogP contribution in [0.15, 0.2) is 54.0 Å². The summed E-state index contributed by atoms with van der Waals surface area (Å²) < 4.78 is 0. The van der Waals surface area contributed by atoms with Crippen molar-refractivity contribution in [1.82, 2.24) is 10.2 Å². The lowest BCUT2D eigenvalue weighted by molar-refractivity contribution is 0.0713. The molecule has 1 fully saturated rings. The minimum absolute atomic E-state index is 0.0622. The van der Waals surface area contributed by atoms with E-state index in [2.05, 4.69) is 23.0 Å². The molecule has 3 rings (SSSR count). The first-order chi connectivity index (χ1) is 15.0. The van der Waals surface area contributed by atoms with E-state index in [1.54, 1.807) is 7.05 Å². The Hall–Kier alpha value is -3.39. The number of carbonyl (C=O) groups is 1. The zero-order valence-corrected chi connectivity index (χ0v) is 18.6. The van der Waals surface area contributed by atoms with E-state index in [0.717, 1.165) is 55.0 Å². The van der Waals surface area contributed by atoms with Crippen molar-refractivity contribution in [3.05, 3.63) is 76.9 Å². The SMILES string of the molecule is C=C(NC(CC)=NC)c1cc(C(=O)N2CCC(c3ccc(C#N)cc3)CC2)ccc1C. The summed E-state index contributed by atoms with van der Waals surface area (Å²) in [7, 11) is 1.76. The first-order valence-corrected chi connectivity index (χ1v) is 10.8. The predicted molar refractivity (Wildman–Crippen MR) is 126 cm³/mol. The first kappa shape index (κ1) is 22.3. The number of amidine groups is 1. The standard InChI is InChI=1S/C26H30N4O/c1-5-25(28-4)29-19(3)24-16-23(9-6-18(24)2)26(31)30-14-12-22(13-15-30)21-10-7-20(17-27)8-11-21/h6-11,16,22H,3,5,12-15H2,1-2,4H3,(H,28,29). The van der Waals surface area contributed by atoms with E-state index >= 15 is 0 Å². The number of piperidine rings is 1. The number of nitrogens with one attached hydrogen (secondary N) is 1. The van der Waals surface area contributed by atoms with Gasteiger partial charge < -0.3 is 10.2 Å². The van der Waals surface area contributed by atoms with Gasteiger partial charge >= 0.3 is 0 Å². The summed E-state index contributed by atoms with van der Waals surface area (Å²) in [4.78, 5) is 19.3.